The first-order valence-electron chi connectivity index (χ1n) is 6.26. The number of methoxy groups -OCH3 is 1. The van der Waals surface area contributed by atoms with Crippen molar-refractivity contribution in [3.8, 4) is 0 Å². The smallest absolute Gasteiger partial charge is 0.326 e. The molecule has 0 saturated heterocycles. The molecule has 0 radical (unpaired) electrons. The van der Waals surface area contributed by atoms with Crippen LogP contribution in [-0.4, -0.2) is 13.1 Å². The Morgan fingerprint density at radius 3 is 2.47 bits per heavy atom. The quantitative estimate of drug-likeness (QED) is 0.657. The molecule has 1 atom stereocenters. The molecule has 0 aliphatic heterocycles. The summed E-state index contributed by atoms with van der Waals surface area (Å²) in [6.07, 6.45) is 4.17. The van der Waals surface area contributed by atoms with Crippen LogP contribution in [0, 0.1) is 5.92 Å². The van der Waals surface area contributed by atoms with Crippen LogP contribution in [0.2, 0.25) is 10.0 Å². The summed E-state index contributed by atoms with van der Waals surface area (Å²) in [6.45, 7) is 0. The van der Waals surface area contributed by atoms with Crippen molar-refractivity contribution < 1.29 is 9.53 Å². The molecule has 0 spiro atoms. The minimum atomic E-state index is -0.945. The first-order chi connectivity index (χ1) is 9.00. The molecule has 19 heavy (non-hydrogen) atoms. The van der Waals surface area contributed by atoms with Crippen LogP contribution in [0.1, 0.15) is 31.2 Å². The Bertz CT molecular complexity index is 486. The summed E-state index contributed by atoms with van der Waals surface area (Å²) < 4.78 is 4.02. The Balaban J connectivity index is 2.47. The summed E-state index contributed by atoms with van der Waals surface area (Å²) in [5, 5.41) is 0.900. The Hall–Kier alpha value is -0.380. The Morgan fingerprint density at radius 2 is 1.95 bits per heavy atom. The van der Waals surface area contributed by atoms with E-state index in [1.165, 1.54) is 7.11 Å². The van der Waals surface area contributed by atoms with Gasteiger partial charge in [-0.15, -0.1) is 0 Å². The lowest BCUT2D eigenvalue weighted by molar-refractivity contribution is -0.145. The van der Waals surface area contributed by atoms with Crippen LogP contribution in [0.5, 0.6) is 0 Å². The van der Waals surface area contributed by atoms with E-state index in [0.29, 0.717) is 10.0 Å². The first-order valence-corrected chi connectivity index (χ1v) is 7.46. The topological polar surface area (TPSA) is 26.3 Å². The van der Waals surface area contributed by atoms with E-state index < -0.39 is 4.75 Å². The number of rotatable bonds is 3. The maximum Gasteiger partial charge on any atom is 0.326 e. The van der Waals surface area contributed by atoms with Crippen LogP contribution in [0.25, 0.3) is 0 Å². The molecule has 1 aromatic carbocycles. The van der Waals surface area contributed by atoms with E-state index in [4.69, 9.17) is 27.9 Å². The number of hydrogen-bond acceptors (Lipinski definition) is 3. The van der Waals surface area contributed by atoms with E-state index in [2.05, 4.69) is 12.6 Å². The van der Waals surface area contributed by atoms with Crippen LogP contribution >= 0.6 is 35.8 Å². The molecule has 0 aromatic heterocycles. The van der Waals surface area contributed by atoms with Gasteiger partial charge in [-0.2, -0.15) is 12.6 Å². The van der Waals surface area contributed by atoms with Crippen LogP contribution < -0.4 is 0 Å². The second-order valence-electron chi connectivity index (χ2n) is 4.87. The predicted molar refractivity (Wildman–Crippen MR) is 81.1 cm³/mol. The van der Waals surface area contributed by atoms with Gasteiger partial charge in [0.1, 0.15) is 4.75 Å². The van der Waals surface area contributed by atoms with Gasteiger partial charge >= 0.3 is 5.97 Å². The third kappa shape index (κ3) is 2.74. The van der Waals surface area contributed by atoms with Crippen molar-refractivity contribution in [1.82, 2.24) is 0 Å². The molecular weight excluding hydrogens is 303 g/mol. The zero-order valence-electron chi connectivity index (χ0n) is 10.7. The standard InChI is InChI=1S/C14H16Cl2O2S/c1-18-13(17)14(19,9-4-2-3-5-9)10-6-7-11(15)12(16)8-10/h6-9,19H,2-5H2,1H3. The molecule has 0 heterocycles. The van der Waals surface area contributed by atoms with E-state index in [1.54, 1.807) is 18.2 Å². The number of ether oxygens (including phenoxy) is 1. The van der Waals surface area contributed by atoms with Crippen LogP contribution in [0.4, 0.5) is 0 Å². The highest BCUT2D eigenvalue weighted by Crippen LogP contribution is 2.46. The van der Waals surface area contributed by atoms with Crippen molar-refractivity contribution in [2.45, 2.75) is 30.4 Å². The number of carbonyl (C=O) groups excluding carboxylic acids is 1. The number of halogens is 2. The van der Waals surface area contributed by atoms with Gasteiger partial charge in [-0.1, -0.05) is 42.1 Å². The van der Waals surface area contributed by atoms with E-state index in [0.717, 1.165) is 31.2 Å². The molecule has 5 heteroatoms. The van der Waals surface area contributed by atoms with Gasteiger partial charge in [-0.05, 0) is 36.5 Å². The van der Waals surface area contributed by atoms with E-state index in [9.17, 15) is 4.79 Å². The van der Waals surface area contributed by atoms with Crippen molar-refractivity contribution in [1.29, 1.82) is 0 Å². The summed E-state index contributed by atoms with van der Waals surface area (Å²) in [5.41, 5.74) is 0.754. The average molecular weight is 319 g/mol. The van der Waals surface area contributed by atoms with E-state index in [1.807, 2.05) is 0 Å². The number of carbonyl (C=O) groups is 1. The highest BCUT2D eigenvalue weighted by atomic mass is 35.5. The van der Waals surface area contributed by atoms with Crippen molar-refractivity contribution >= 4 is 41.8 Å². The lowest BCUT2D eigenvalue weighted by Gasteiger charge is -2.32. The third-order valence-electron chi connectivity index (χ3n) is 3.80. The summed E-state index contributed by atoms with van der Waals surface area (Å²) in [6, 6.07) is 5.21. The van der Waals surface area contributed by atoms with Gasteiger partial charge in [0.05, 0.1) is 17.2 Å². The molecule has 2 rings (SSSR count). The fourth-order valence-corrected chi connectivity index (χ4v) is 3.54. The number of esters is 1. The van der Waals surface area contributed by atoms with Crippen molar-refractivity contribution in [2.75, 3.05) is 7.11 Å². The van der Waals surface area contributed by atoms with Crippen molar-refractivity contribution in [2.24, 2.45) is 5.92 Å². The molecule has 1 fully saturated rings. The van der Waals surface area contributed by atoms with Crippen LogP contribution in [0.15, 0.2) is 18.2 Å². The molecule has 0 bridgehead atoms. The van der Waals surface area contributed by atoms with E-state index in [-0.39, 0.29) is 11.9 Å². The molecule has 0 amide bonds. The largest absolute Gasteiger partial charge is 0.468 e. The van der Waals surface area contributed by atoms with Crippen molar-refractivity contribution in [3.63, 3.8) is 0 Å². The minimum Gasteiger partial charge on any atom is -0.468 e. The molecular formula is C14H16Cl2O2S. The zero-order chi connectivity index (χ0) is 14.0. The van der Waals surface area contributed by atoms with Gasteiger partial charge in [0.25, 0.3) is 0 Å². The highest BCUT2D eigenvalue weighted by molar-refractivity contribution is 7.82. The van der Waals surface area contributed by atoms with Gasteiger partial charge in [0.2, 0.25) is 0 Å². The van der Waals surface area contributed by atoms with Gasteiger partial charge in [-0.3, -0.25) is 4.79 Å². The van der Waals surface area contributed by atoms with Gasteiger partial charge in [0, 0.05) is 0 Å². The highest BCUT2D eigenvalue weighted by Gasteiger charge is 2.46. The predicted octanol–water partition coefficient (Wildman–Crippen LogP) is 4.48. The molecule has 1 aliphatic rings. The monoisotopic (exact) mass is 318 g/mol. The molecule has 104 valence electrons. The minimum absolute atomic E-state index is 0.167. The van der Waals surface area contributed by atoms with Gasteiger partial charge < -0.3 is 4.74 Å². The molecule has 1 saturated carbocycles. The van der Waals surface area contributed by atoms with Gasteiger partial charge in [0.15, 0.2) is 0 Å². The average Bonchev–Trinajstić information content (AvgIpc) is 2.94. The Kier molecular flexibility index (Phi) is 4.70. The fraction of sp³-hybridized carbons (Fsp3) is 0.500. The number of hydrogen-bond donors (Lipinski definition) is 1. The fourth-order valence-electron chi connectivity index (χ4n) is 2.75. The number of thiol groups is 1. The van der Waals surface area contributed by atoms with Crippen LogP contribution in [-0.2, 0) is 14.3 Å². The van der Waals surface area contributed by atoms with Crippen molar-refractivity contribution in [3.05, 3.63) is 33.8 Å². The zero-order valence-corrected chi connectivity index (χ0v) is 13.1. The summed E-state index contributed by atoms with van der Waals surface area (Å²) in [7, 11) is 1.39. The molecule has 1 aliphatic carbocycles. The van der Waals surface area contributed by atoms with E-state index >= 15 is 0 Å². The van der Waals surface area contributed by atoms with Gasteiger partial charge in [-0.25, -0.2) is 0 Å². The molecule has 0 N–H and O–H groups in total. The molecule has 1 aromatic rings. The van der Waals surface area contributed by atoms with Crippen LogP contribution in [0.3, 0.4) is 0 Å². The molecule has 1 unspecified atom stereocenters. The third-order valence-corrected chi connectivity index (χ3v) is 5.35. The number of benzene rings is 1. The normalized spacial score (nSPS) is 19.2. The SMILES string of the molecule is COC(=O)C(S)(c1ccc(Cl)c(Cl)c1)C1CCCC1. The molecule has 2 nitrogen and oxygen atoms in total. The summed E-state index contributed by atoms with van der Waals surface area (Å²) in [4.78, 5) is 12.2. The second-order valence-corrected chi connectivity index (χ2v) is 6.39. The maximum absolute atomic E-state index is 12.2. The Morgan fingerprint density at radius 1 is 1.32 bits per heavy atom. The summed E-state index contributed by atoms with van der Waals surface area (Å²) in [5.74, 6) is -0.165. The summed E-state index contributed by atoms with van der Waals surface area (Å²) >= 11 is 16.7. The lowest BCUT2D eigenvalue weighted by atomic mass is 9.83. The Labute approximate surface area is 128 Å². The second kappa shape index (κ2) is 5.94. The lowest BCUT2D eigenvalue weighted by Crippen LogP contribution is -2.38. The first kappa shape index (κ1) is 15.0. The maximum atomic E-state index is 12.2.